The molecule has 8 heteroatoms. The summed E-state index contributed by atoms with van der Waals surface area (Å²) in [5, 5.41) is 6.99. The zero-order chi connectivity index (χ0) is 20.5. The Morgan fingerprint density at radius 2 is 2.07 bits per heavy atom. The molecule has 2 aliphatic rings. The number of nitrogens with one attached hydrogen (secondary N) is 1. The molecule has 0 aliphatic carbocycles. The summed E-state index contributed by atoms with van der Waals surface area (Å²) in [6.45, 7) is 10.5. The second-order valence-corrected chi connectivity index (χ2v) is 10.2. The lowest BCUT2D eigenvalue weighted by Gasteiger charge is -2.37. The van der Waals surface area contributed by atoms with Crippen LogP contribution < -0.4 is 5.32 Å². The first-order valence-corrected chi connectivity index (χ1v) is 12.4. The summed E-state index contributed by atoms with van der Waals surface area (Å²) in [6, 6.07) is 4.57. The fourth-order valence-corrected chi connectivity index (χ4v) is 6.14. The summed E-state index contributed by atoms with van der Waals surface area (Å²) in [7, 11) is 0. The standard InChI is InChI=1S/C22H28N4O2S2/c1-14-15(2)30-22-19(14)21(24-20(25-22)18-4-3-11-29-18)23-12-17(16-5-8-28-13-16)26-6-9-27-10-7-26/h3-4,11,16-17H,5-10,12-13H2,1-2H3,(H,23,24,25)/t16-,17+/m0/s1. The third-order valence-electron chi connectivity index (χ3n) is 6.27. The van der Waals surface area contributed by atoms with Crippen LogP contribution in [0.15, 0.2) is 17.5 Å². The molecule has 5 heterocycles. The van der Waals surface area contributed by atoms with Gasteiger partial charge < -0.3 is 14.8 Å². The molecule has 0 amide bonds. The maximum atomic E-state index is 5.73. The molecule has 2 fully saturated rings. The van der Waals surface area contributed by atoms with E-state index < -0.39 is 0 Å². The van der Waals surface area contributed by atoms with Crippen molar-refractivity contribution in [3.8, 4) is 10.7 Å². The number of aryl methyl sites for hydroxylation is 2. The molecule has 0 unspecified atom stereocenters. The van der Waals surface area contributed by atoms with Gasteiger partial charge in [0.2, 0.25) is 0 Å². The van der Waals surface area contributed by atoms with Crippen molar-refractivity contribution in [3.63, 3.8) is 0 Å². The Bertz CT molecular complexity index is 992. The molecular weight excluding hydrogens is 416 g/mol. The summed E-state index contributed by atoms with van der Waals surface area (Å²) in [5.41, 5.74) is 1.28. The third kappa shape index (κ3) is 3.99. The van der Waals surface area contributed by atoms with Gasteiger partial charge in [-0.1, -0.05) is 6.07 Å². The quantitative estimate of drug-likeness (QED) is 0.615. The van der Waals surface area contributed by atoms with Gasteiger partial charge in [0.15, 0.2) is 5.82 Å². The maximum Gasteiger partial charge on any atom is 0.173 e. The molecule has 0 spiro atoms. The average molecular weight is 445 g/mol. The van der Waals surface area contributed by atoms with E-state index in [0.717, 1.165) is 73.8 Å². The first-order valence-electron chi connectivity index (χ1n) is 10.7. The van der Waals surface area contributed by atoms with Crippen LogP contribution in [0.2, 0.25) is 0 Å². The zero-order valence-corrected chi connectivity index (χ0v) is 19.2. The Morgan fingerprint density at radius 3 is 2.80 bits per heavy atom. The Balaban J connectivity index is 1.46. The molecule has 160 valence electrons. The Hall–Kier alpha value is -1.58. The van der Waals surface area contributed by atoms with Crippen molar-refractivity contribution in [1.82, 2.24) is 14.9 Å². The van der Waals surface area contributed by atoms with Crippen LogP contribution in [0.1, 0.15) is 16.9 Å². The first-order chi connectivity index (χ1) is 14.7. The van der Waals surface area contributed by atoms with Crippen LogP contribution in [-0.2, 0) is 9.47 Å². The van der Waals surface area contributed by atoms with Crippen molar-refractivity contribution in [3.05, 3.63) is 28.0 Å². The van der Waals surface area contributed by atoms with E-state index >= 15 is 0 Å². The average Bonchev–Trinajstić information content (AvgIpc) is 3.52. The molecule has 30 heavy (non-hydrogen) atoms. The predicted octanol–water partition coefficient (Wildman–Crippen LogP) is 4.19. The fraction of sp³-hybridized carbons (Fsp3) is 0.545. The monoisotopic (exact) mass is 444 g/mol. The molecule has 2 aliphatic heterocycles. The molecule has 0 saturated carbocycles. The molecule has 2 atom stereocenters. The van der Waals surface area contributed by atoms with Gasteiger partial charge in [-0.25, -0.2) is 9.97 Å². The molecular formula is C22H28N4O2S2. The summed E-state index contributed by atoms with van der Waals surface area (Å²) in [6.07, 6.45) is 1.12. The van der Waals surface area contributed by atoms with E-state index in [0.29, 0.717) is 12.0 Å². The Morgan fingerprint density at radius 1 is 1.20 bits per heavy atom. The highest BCUT2D eigenvalue weighted by molar-refractivity contribution is 7.19. The van der Waals surface area contributed by atoms with Crippen molar-refractivity contribution in [2.75, 3.05) is 51.4 Å². The first kappa shape index (κ1) is 20.3. The van der Waals surface area contributed by atoms with Gasteiger partial charge in [0, 0.05) is 43.1 Å². The normalized spacial score (nSPS) is 21.3. The van der Waals surface area contributed by atoms with Crippen LogP contribution in [0.25, 0.3) is 20.9 Å². The summed E-state index contributed by atoms with van der Waals surface area (Å²) in [4.78, 5) is 15.9. The van der Waals surface area contributed by atoms with Crippen molar-refractivity contribution in [2.45, 2.75) is 26.3 Å². The molecule has 3 aromatic heterocycles. The fourth-order valence-electron chi connectivity index (χ4n) is 4.45. The second-order valence-electron chi connectivity index (χ2n) is 8.06. The second kappa shape index (κ2) is 8.88. The minimum absolute atomic E-state index is 0.423. The van der Waals surface area contributed by atoms with Gasteiger partial charge in [0.25, 0.3) is 0 Å². The molecule has 0 bridgehead atoms. The molecule has 1 N–H and O–H groups in total. The van der Waals surface area contributed by atoms with Crippen LogP contribution in [-0.4, -0.2) is 67.0 Å². The van der Waals surface area contributed by atoms with E-state index in [1.165, 1.54) is 15.8 Å². The number of aromatic nitrogens is 2. The van der Waals surface area contributed by atoms with E-state index in [1.807, 2.05) is 0 Å². The van der Waals surface area contributed by atoms with E-state index in [4.69, 9.17) is 19.4 Å². The van der Waals surface area contributed by atoms with Crippen LogP contribution >= 0.6 is 22.7 Å². The lowest BCUT2D eigenvalue weighted by molar-refractivity contribution is 0.00460. The minimum atomic E-state index is 0.423. The summed E-state index contributed by atoms with van der Waals surface area (Å²) in [5.74, 6) is 2.32. The molecule has 6 nitrogen and oxygen atoms in total. The van der Waals surface area contributed by atoms with Crippen LogP contribution in [0, 0.1) is 19.8 Å². The van der Waals surface area contributed by atoms with Gasteiger partial charge in [-0.2, -0.15) is 0 Å². The smallest absolute Gasteiger partial charge is 0.173 e. The van der Waals surface area contributed by atoms with E-state index in [2.05, 4.69) is 41.6 Å². The van der Waals surface area contributed by atoms with Gasteiger partial charge in [0.1, 0.15) is 10.6 Å². The third-order valence-corrected chi connectivity index (χ3v) is 8.24. The number of morpholine rings is 1. The largest absolute Gasteiger partial charge is 0.381 e. The lowest BCUT2D eigenvalue weighted by atomic mass is 9.97. The molecule has 0 radical (unpaired) electrons. The van der Waals surface area contributed by atoms with Gasteiger partial charge in [0.05, 0.1) is 30.1 Å². The number of rotatable bonds is 6. The minimum Gasteiger partial charge on any atom is -0.381 e. The Kier molecular flexibility index (Phi) is 6.02. The van der Waals surface area contributed by atoms with Crippen molar-refractivity contribution in [2.24, 2.45) is 5.92 Å². The summed E-state index contributed by atoms with van der Waals surface area (Å²) < 4.78 is 11.3. The van der Waals surface area contributed by atoms with Crippen molar-refractivity contribution >= 4 is 38.7 Å². The molecule has 3 aromatic rings. The van der Waals surface area contributed by atoms with Crippen LogP contribution in [0.4, 0.5) is 5.82 Å². The number of ether oxygens (including phenoxy) is 2. The predicted molar refractivity (Wildman–Crippen MR) is 124 cm³/mol. The number of fused-ring (bicyclic) bond motifs is 1. The maximum absolute atomic E-state index is 5.73. The Labute approximate surface area is 185 Å². The number of anilines is 1. The highest BCUT2D eigenvalue weighted by Crippen LogP contribution is 2.36. The van der Waals surface area contributed by atoms with Gasteiger partial charge >= 0.3 is 0 Å². The van der Waals surface area contributed by atoms with Gasteiger partial charge in [-0.05, 0) is 37.3 Å². The lowest BCUT2D eigenvalue weighted by Crippen LogP contribution is -2.50. The molecule has 0 aromatic carbocycles. The van der Waals surface area contributed by atoms with Crippen molar-refractivity contribution in [1.29, 1.82) is 0 Å². The molecule has 5 rings (SSSR count). The number of nitrogens with zero attached hydrogens (tertiary/aromatic N) is 3. The van der Waals surface area contributed by atoms with E-state index in [1.54, 1.807) is 22.7 Å². The van der Waals surface area contributed by atoms with Gasteiger partial charge in [-0.3, -0.25) is 4.90 Å². The van der Waals surface area contributed by atoms with Gasteiger partial charge in [-0.15, -0.1) is 22.7 Å². The SMILES string of the molecule is Cc1sc2nc(-c3cccs3)nc(NC[C@H]([C@H]3CCOC3)N3CCOCC3)c2c1C. The highest BCUT2D eigenvalue weighted by atomic mass is 32.1. The molecule has 2 saturated heterocycles. The van der Waals surface area contributed by atoms with E-state index in [-0.39, 0.29) is 0 Å². The van der Waals surface area contributed by atoms with Crippen molar-refractivity contribution < 1.29 is 9.47 Å². The zero-order valence-electron chi connectivity index (χ0n) is 17.5. The topological polar surface area (TPSA) is 59.5 Å². The summed E-state index contributed by atoms with van der Waals surface area (Å²) >= 11 is 3.44. The van der Waals surface area contributed by atoms with E-state index in [9.17, 15) is 0 Å². The number of hydrogen-bond donors (Lipinski definition) is 1. The number of thiophene rings is 2. The van der Waals surface area contributed by atoms with Crippen LogP contribution in [0.3, 0.4) is 0 Å². The van der Waals surface area contributed by atoms with Crippen LogP contribution in [0.5, 0.6) is 0 Å². The highest BCUT2D eigenvalue weighted by Gasteiger charge is 2.31. The number of hydrogen-bond acceptors (Lipinski definition) is 8.